The van der Waals surface area contributed by atoms with Crippen LogP contribution in [-0.2, 0) is 4.74 Å². The third kappa shape index (κ3) is 5.65. The average molecular weight is 383 g/mol. The van der Waals surface area contributed by atoms with Gasteiger partial charge in [0.2, 0.25) is 0 Å². The molecule has 0 aromatic heterocycles. The van der Waals surface area contributed by atoms with Crippen LogP contribution in [0, 0.1) is 6.92 Å². The summed E-state index contributed by atoms with van der Waals surface area (Å²) in [6, 6.07) is 19.1. The molecule has 0 spiro atoms. The fraction of sp³-hybridized carbons (Fsp3) is 0.500. The fourth-order valence-electron chi connectivity index (χ4n) is 4.05. The van der Waals surface area contributed by atoms with E-state index < -0.39 is 6.10 Å². The van der Waals surface area contributed by atoms with Gasteiger partial charge in [0.1, 0.15) is 6.10 Å². The first-order valence-electron chi connectivity index (χ1n) is 10.3. The number of aliphatic hydroxyl groups is 1. The van der Waals surface area contributed by atoms with Crippen molar-refractivity contribution < 1.29 is 9.84 Å². The largest absolute Gasteiger partial charge is 0.389 e. The number of likely N-dealkylation sites (tertiary alicyclic amines) is 1. The van der Waals surface area contributed by atoms with E-state index in [1.165, 1.54) is 5.56 Å². The van der Waals surface area contributed by atoms with Crippen LogP contribution in [0.1, 0.15) is 35.6 Å². The standard InChI is InChI=1S/C24H34N2O2/c1-19-9-7-8-12-23(19)24(20-10-5-4-6-11-20)28-18-22(27)17-26(3)21-13-15-25(2)16-14-21/h4-12,21-22,24,27H,13-18H2,1-3H3. The summed E-state index contributed by atoms with van der Waals surface area (Å²) in [5.74, 6) is 0. The topological polar surface area (TPSA) is 35.9 Å². The van der Waals surface area contributed by atoms with Crippen molar-refractivity contribution in [2.45, 2.75) is 38.0 Å². The first-order chi connectivity index (χ1) is 13.5. The zero-order chi connectivity index (χ0) is 19.9. The first-order valence-corrected chi connectivity index (χ1v) is 10.3. The number of rotatable bonds is 8. The van der Waals surface area contributed by atoms with Gasteiger partial charge < -0.3 is 19.6 Å². The maximum absolute atomic E-state index is 10.6. The van der Waals surface area contributed by atoms with E-state index in [0.29, 0.717) is 19.2 Å². The molecule has 0 aliphatic carbocycles. The molecule has 3 rings (SSSR count). The zero-order valence-corrected chi connectivity index (χ0v) is 17.4. The molecular weight excluding hydrogens is 348 g/mol. The van der Waals surface area contributed by atoms with E-state index in [0.717, 1.165) is 37.1 Å². The van der Waals surface area contributed by atoms with Gasteiger partial charge in [0, 0.05) is 12.6 Å². The van der Waals surface area contributed by atoms with E-state index in [-0.39, 0.29) is 6.10 Å². The van der Waals surface area contributed by atoms with Crippen LogP contribution >= 0.6 is 0 Å². The van der Waals surface area contributed by atoms with Gasteiger partial charge in [-0.15, -0.1) is 0 Å². The van der Waals surface area contributed by atoms with Crippen molar-refractivity contribution in [3.8, 4) is 0 Å². The smallest absolute Gasteiger partial charge is 0.108 e. The number of aliphatic hydroxyl groups excluding tert-OH is 1. The Labute approximate surface area is 169 Å². The summed E-state index contributed by atoms with van der Waals surface area (Å²) in [7, 11) is 4.30. The molecule has 1 saturated heterocycles. The van der Waals surface area contributed by atoms with Crippen molar-refractivity contribution in [2.75, 3.05) is 40.3 Å². The molecule has 0 saturated carbocycles. The number of hydrogen-bond acceptors (Lipinski definition) is 4. The van der Waals surface area contributed by atoms with Crippen LogP contribution in [0.2, 0.25) is 0 Å². The fourth-order valence-corrected chi connectivity index (χ4v) is 4.05. The molecule has 1 aliphatic heterocycles. The third-order valence-corrected chi connectivity index (χ3v) is 5.84. The van der Waals surface area contributed by atoms with E-state index >= 15 is 0 Å². The molecule has 0 bridgehead atoms. The number of ether oxygens (including phenoxy) is 1. The van der Waals surface area contributed by atoms with Gasteiger partial charge in [-0.05, 0) is 63.6 Å². The second-order valence-corrected chi connectivity index (χ2v) is 8.11. The predicted octanol–water partition coefficient (Wildman–Crippen LogP) is 3.49. The van der Waals surface area contributed by atoms with Crippen LogP contribution < -0.4 is 0 Å². The number of piperidine rings is 1. The summed E-state index contributed by atoms with van der Waals surface area (Å²) in [5.41, 5.74) is 3.48. The van der Waals surface area contributed by atoms with Gasteiger partial charge in [0.15, 0.2) is 0 Å². The Bertz CT molecular complexity index is 714. The van der Waals surface area contributed by atoms with E-state index in [9.17, 15) is 5.11 Å². The van der Waals surface area contributed by atoms with Crippen LogP contribution in [-0.4, -0.2) is 67.4 Å². The monoisotopic (exact) mass is 382 g/mol. The maximum atomic E-state index is 10.6. The van der Waals surface area contributed by atoms with Gasteiger partial charge in [0.25, 0.3) is 0 Å². The molecule has 0 amide bonds. The second-order valence-electron chi connectivity index (χ2n) is 8.11. The summed E-state index contributed by atoms with van der Waals surface area (Å²) < 4.78 is 6.28. The Balaban J connectivity index is 1.61. The second kappa shape index (κ2) is 10.2. The molecule has 2 atom stereocenters. The molecule has 1 N–H and O–H groups in total. The molecule has 4 nitrogen and oxygen atoms in total. The van der Waals surface area contributed by atoms with Crippen LogP contribution in [0.5, 0.6) is 0 Å². The highest BCUT2D eigenvalue weighted by Crippen LogP contribution is 2.28. The Morgan fingerprint density at radius 1 is 1.07 bits per heavy atom. The van der Waals surface area contributed by atoms with Crippen molar-refractivity contribution in [1.82, 2.24) is 9.80 Å². The average Bonchev–Trinajstić information content (AvgIpc) is 2.70. The minimum absolute atomic E-state index is 0.161. The number of nitrogens with zero attached hydrogens (tertiary/aromatic N) is 2. The van der Waals surface area contributed by atoms with Crippen LogP contribution in [0.4, 0.5) is 0 Å². The highest BCUT2D eigenvalue weighted by Gasteiger charge is 2.23. The van der Waals surface area contributed by atoms with E-state index in [4.69, 9.17) is 4.74 Å². The van der Waals surface area contributed by atoms with Crippen molar-refractivity contribution in [3.05, 3.63) is 71.3 Å². The highest BCUT2D eigenvalue weighted by molar-refractivity contribution is 5.35. The summed E-state index contributed by atoms with van der Waals surface area (Å²) in [4.78, 5) is 4.67. The van der Waals surface area contributed by atoms with Crippen molar-refractivity contribution in [3.63, 3.8) is 0 Å². The molecular formula is C24H34N2O2. The highest BCUT2D eigenvalue weighted by atomic mass is 16.5. The quantitative estimate of drug-likeness (QED) is 0.758. The maximum Gasteiger partial charge on any atom is 0.108 e. The SMILES string of the molecule is Cc1ccccc1C(OCC(O)CN(C)C1CCN(C)CC1)c1ccccc1. The van der Waals surface area contributed by atoms with Crippen LogP contribution in [0.3, 0.4) is 0 Å². The van der Waals surface area contributed by atoms with Crippen LogP contribution in [0.25, 0.3) is 0 Å². The van der Waals surface area contributed by atoms with Crippen LogP contribution in [0.15, 0.2) is 54.6 Å². The normalized spacial score (nSPS) is 18.3. The Morgan fingerprint density at radius 3 is 2.39 bits per heavy atom. The van der Waals surface area contributed by atoms with Gasteiger partial charge in [-0.1, -0.05) is 54.6 Å². The molecule has 152 valence electrons. The van der Waals surface area contributed by atoms with Crippen molar-refractivity contribution in [1.29, 1.82) is 0 Å². The Morgan fingerprint density at radius 2 is 1.71 bits per heavy atom. The van der Waals surface area contributed by atoms with Gasteiger partial charge in [0.05, 0.1) is 12.7 Å². The minimum atomic E-state index is -0.500. The lowest BCUT2D eigenvalue weighted by Crippen LogP contribution is -2.45. The summed E-state index contributed by atoms with van der Waals surface area (Å²) in [6.45, 7) is 5.34. The van der Waals surface area contributed by atoms with E-state index in [1.54, 1.807) is 0 Å². The molecule has 4 heteroatoms. The Kier molecular flexibility index (Phi) is 7.63. The first kappa shape index (κ1) is 21.0. The molecule has 0 radical (unpaired) electrons. The third-order valence-electron chi connectivity index (χ3n) is 5.84. The molecule has 2 aromatic rings. The summed E-state index contributed by atoms with van der Waals surface area (Å²) >= 11 is 0. The number of aryl methyl sites for hydroxylation is 1. The van der Waals surface area contributed by atoms with E-state index in [2.05, 4.69) is 55.1 Å². The van der Waals surface area contributed by atoms with Crippen molar-refractivity contribution in [2.24, 2.45) is 0 Å². The number of hydrogen-bond donors (Lipinski definition) is 1. The minimum Gasteiger partial charge on any atom is -0.389 e. The van der Waals surface area contributed by atoms with Gasteiger partial charge in [-0.25, -0.2) is 0 Å². The van der Waals surface area contributed by atoms with Gasteiger partial charge >= 0.3 is 0 Å². The zero-order valence-electron chi connectivity index (χ0n) is 17.4. The summed E-state index contributed by atoms with van der Waals surface area (Å²) in [5, 5.41) is 10.6. The summed E-state index contributed by atoms with van der Waals surface area (Å²) in [6.07, 6.45) is 1.66. The lowest BCUT2D eigenvalue weighted by Gasteiger charge is -2.36. The van der Waals surface area contributed by atoms with E-state index in [1.807, 2.05) is 30.3 Å². The molecule has 2 aromatic carbocycles. The molecule has 1 heterocycles. The lowest BCUT2D eigenvalue weighted by molar-refractivity contribution is -0.0136. The molecule has 1 aliphatic rings. The molecule has 2 unspecified atom stereocenters. The predicted molar refractivity (Wildman–Crippen MR) is 115 cm³/mol. The number of likely N-dealkylation sites (N-methyl/N-ethyl adjacent to an activating group) is 1. The van der Waals surface area contributed by atoms with Gasteiger partial charge in [-0.2, -0.15) is 0 Å². The number of benzene rings is 2. The lowest BCUT2D eigenvalue weighted by atomic mass is 9.97. The molecule has 1 fully saturated rings. The van der Waals surface area contributed by atoms with Crippen molar-refractivity contribution >= 4 is 0 Å². The molecule has 28 heavy (non-hydrogen) atoms. The Hall–Kier alpha value is -1.72. The van der Waals surface area contributed by atoms with Gasteiger partial charge in [-0.3, -0.25) is 0 Å².